The van der Waals surface area contributed by atoms with Gasteiger partial charge in [-0.05, 0) is 37.0 Å². The molecule has 1 amide bonds. The number of anilines is 1. The van der Waals surface area contributed by atoms with Crippen molar-refractivity contribution in [2.24, 2.45) is 5.92 Å². The number of rotatable bonds is 7. The number of carbonyl (C=O) groups excluding carboxylic acids is 1. The Labute approximate surface area is 166 Å². The smallest absolute Gasteiger partial charge is 0.246 e. The zero-order valence-corrected chi connectivity index (χ0v) is 17.0. The minimum atomic E-state index is -3.96. The first kappa shape index (κ1) is 21.2. The lowest BCUT2D eigenvalue weighted by molar-refractivity contribution is -0.116. The topological polar surface area (TPSA) is 75.7 Å². The van der Waals surface area contributed by atoms with Crippen molar-refractivity contribution in [3.63, 3.8) is 0 Å². The molecule has 1 aromatic carbocycles. The van der Waals surface area contributed by atoms with Gasteiger partial charge in [-0.3, -0.25) is 4.79 Å². The van der Waals surface area contributed by atoms with Crippen molar-refractivity contribution < 1.29 is 22.3 Å². The second-order valence-corrected chi connectivity index (χ2v) is 9.51. The van der Waals surface area contributed by atoms with E-state index in [0.29, 0.717) is 12.1 Å². The van der Waals surface area contributed by atoms with Gasteiger partial charge in [-0.25, -0.2) is 12.8 Å². The fraction of sp³-hybridized carbons (Fsp3) is 0.650. The molecule has 156 valence electrons. The molecule has 8 heteroatoms. The standard InChI is InChI=1S/C20H29FN2O4S/c21-18-10-9-17(15-19(18)28(25,26)23-11-13-27-14-12-23)22-20(24)8-4-7-16-5-2-1-3-6-16/h9-10,15-16H,1-8,11-14H2,(H,22,24). The van der Waals surface area contributed by atoms with Gasteiger partial charge >= 0.3 is 0 Å². The third-order valence-electron chi connectivity index (χ3n) is 5.54. The van der Waals surface area contributed by atoms with E-state index in [9.17, 15) is 17.6 Å². The number of benzene rings is 1. The second-order valence-electron chi connectivity index (χ2n) is 7.61. The van der Waals surface area contributed by atoms with E-state index in [1.165, 1.54) is 48.5 Å². The summed E-state index contributed by atoms with van der Waals surface area (Å²) in [7, 11) is -3.96. The minimum absolute atomic E-state index is 0.169. The van der Waals surface area contributed by atoms with Crippen LogP contribution in [0.3, 0.4) is 0 Å². The van der Waals surface area contributed by atoms with Gasteiger partial charge in [-0.1, -0.05) is 32.1 Å². The summed E-state index contributed by atoms with van der Waals surface area (Å²) in [5.41, 5.74) is 0.302. The van der Waals surface area contributed by atoms with Crippen molar-refractivity contribution in [3.05, 3.63) is 24.0 Å². The van der Waals surface area contributed by atoms with Crippen LogP contribution in [0.2, 0.25) is 0 Å². The van der Waals surface area contributed by atoms with Crippen LogP contribution in [-0.4, -0.2) is 44.9 Å². The van der Waals surface area contributed by atoms with Crippen LogP contribution in [0.4, 0.5) is 10.1 Å². The van der Waals surface area contributed by atoms with Crippen molar-refractivity contribution in [1.82, 2.24) is 4.31 Å². The Kier molecular flexibility index (Phi) is 7.42. The molecule has 2 fully saturated rings. The van der Waals surface area contributed by atoms with E-state index in [2.05, 4.69) is 5.32 Å². The molecule has 3 rings (SSSR count). The second kappa shape index (κ2) is 9.80. The first-order valence-corrected chi connectivity index (χ1v) is 11.6. The monoisotopic (exact) mass is 412 g/mol. The van der Waals surface area contributed by atoms with Gasteiger partial charge in [0.1, 0.15) is 10.7 Å². The first-order valence-electron chi connectivity index (χ1n) is 10.1. The van der Waals surface area contributed by atoms with Crippen molar-refractivity contribution in [3.8, 4) is 0 Å². The van der Waals surface area contributed by atoms with Crippen LogP contribution in [0.5, 0.6) is 0 Å². The highest BCUT2D eigenvalue weighted by Crippen LogP contribution is 2.28. The molecule has 0 bridgehead atoms. The molecule has 1 aliphatic heterocycles. The molecular weight excluding hydrogens is 383 g/mol. The van der Waals surface area contributed by atoms with Gasteiger partial charge in [0.05, 0.1) is 13.2 Å². The number of amides is 1. The number of carbonyl (C=O) groups is 1. The molecule has 1 heterocycles. The summed E-state index contributed by atoms with van der Waals surface area (Å²) in [5, 5.41) is 2.71. The SMILES string of the molecule is O=C(CCCC1CCCCC1)Nc1ccc(F)c(S(=O)(=O)N2CCOCC2)c1. The Hall–Kier alpha value is -1.51. The summed E-state index contributed by atoms with van der Waals surface area (Å²) in [6.07, 6.45) is 8.64. The first-order chi connectivity index (χ1) is 13.5. The van der Waals surface area contributed by atoms with Crippen LogP contribution in [0.25, 0.3) is 0 Å². The van der Waals surface area contributed by atoms with Gasteiger partial charge in [0.25, 0.3) is 0 Å². The van der Waals surface area contributed by atoms with E-state index < -0.39 is 20.7 Å². The van der Waals surface area contributed by atoms with E-state index in [4.69, 9.17) is 4.74 Å². The maximum atomic E-state index is 14.2. The van der Waals surface area contributed by atoms with Gasteiger partial charge in [0.2, 0.25) is 15.9 Å². The van der Waals surface area contributed by atoms with E-state index in [-0.39, 0.29) is 32.2 Å². The maximum absolute atomic E-state index is 14.2. The number of nitrogens with one attached hydrogen (secondary N) is 1. The molecule has 1 aromatic rings. The number of hydrogen-bond donors (Lipinski definition) is 1. The lowest BCUT2D eigenvalue weighted by atomic mass is 9.86. The fourth-order valence-electron chi connectivity index (χ4n) is 3.96. The highest BCUT2D eigenvalue weighted by atomic mass is 32.2. The van der Waals surface area contributed by atoms with Crippen molar-refractivity contribution in [2.75, 3.05) is 31.6 Å². The summed E-state index contributed by atoms with van der Waals surface area (Å²) in [5.74, 6) is -0.267. The molecule has 0 unspecified atom stereocenters. The zero-order chi connectivity index (χ0) is 20.0. The largest absolute Gasteiger partial charge is 0.379 e. The summed E-state index contributed by atoms with van der Waals surface area (Å²) >= 11 is 0. The number of morpholine rings is 1. The van der Waals surface area contributed by atoms with Crippen molar-refractivity contribution in [1.29, 1.82) is 0 Å². The lowest BCUT2D eigenvalue weighted by Crippen LogP contribution is -2.40. The Morgan fingerprint density at radius 3 is 2.61 bits per heavy atom. The van der Waals surface area contributed by atoms with E-state index in [0.717, 1.165) is 24.8 Å². The molecule has 6 nitrogen and oxygen atoms in total. The molecule has 0 spiro atoms. The molecular formula is C20H29FN2O4S. The lowest BCUT2D eigenvalue weighted by Gasteiger charge is -2.26. The molecule has 28 heavy (non-hydrogen) atoms. The van der Waals surface area contributed by atoms with Gasteiger partial charge in [0, 0.05) is 25.2 Å². The molecule has 1 aliphatic carbocycles. The Balaban J connectivity index is 1.58. The molecule has 1 saturated heterocycles. The predicted octanol–water partition coefficient (Wildman–Crippen LogP) is 3.54. The highest BCUT2D eigenvalue weighted by molar-refractivity contribution is 7.89. The Morgan fingerprint density at radius 2 is 1.89 bits per heavy atom. The van der Waals surface area contributed by atoms with Crippen LogP contribution in [0.1, 0.15) is 51.4 Å². The minimum Gasteiger partial charge on any atom is -0.379 e. The summed E-state index contributed by atoms with van der Waals surface area (Å²) < 4.78 is 46.0. The third kappa shape index (κ3) is 5.52. The van der Waals surface area contributed by atoms with E-state index in [1.807, 2.05) is 0 Å². The summed E-state index contributed by atoms with van der Waals surface area (Å²) in [4.78, 5) is 11.8. The van der Waals surface area contributed by atoms with E-state index >= 15 is 0 Å². The molecule has 1 saturated carbocycles. The Morgan fingerprint density at radius 1 is 1.18 bits per heavy atom. The van der Waals surface area contributed by atoms with Gasteiger partial charge < -0.3 is 10.1 Å². The molecule has 0 atom stereocenters. The van der Waals surface area contributed by atoms with Crippen molar-refractivity contribution >= 4 is 21.6 Å². The van der Waals surface area contributed by atoms with Crippen molar-refractivity contribution in [2.45, 2.75) is 56.3 Å². The number of ether oxygens (including phenoxy) is 1. The average Bonchev–Trinajstić information content (AvgIpc) is 2.71. The third-order valence-corrected chi connectivity index (χ3v) is 7.46. The highest BCUT2D eigenvalue weighted by Gasteiger charge is 2.29. The molecule has 0 radical (unpaired) electrons. The van der Waals surface area contributed by atoms with Gasteiger partial charge in [0.15, 0.2) is 0 Å². The van der Waals surface area contributed by atoms with Crippen LogP contribution in [-0.2, 0) is 19.6 Å². The maximum Gasteiger partial charge on any atom is 0.246 e. The quantitative estimate of drug-likeness (QED) is 0.743. The Bertz CT molecular complexity index is 772. The number of nitrogens with zero attached hydrogens (tertiary/aromatic N) is 1. The average molecular weight is 413 g/mol. The number of hydrogen-bond acceptors (Lipinski definition) is 4. The van der Waals surface area contributed by atoms with Crippen LogP contribution < -0.4 is 5.32 Å². The number of sulfonamides is 1. The van der Waals surface area contributed by atoms with Crippen LogP contribution >= 0.6 is 0 Å². The van der Waals surface area contributed by atoms with Crippen LogP contribution in [0, 0.1) is 11.7 Å². The molecule has 1 N–H and O–H groups in total. The zero-order valence-electron chi connectivity index (χ0n) is 16.2. The van der Waals surface area contributed by atoms with Crippen LogP contribution in [0.15, 0.2) is 23.1 Å². The predicted molar refractivity (Wildman–Crippen MR) is 105 cm³/mol. The summed E-state index contributed by atoms with van der Waals surface area (Å²) in [6.45, 7) is 0.968. The normalized spacial score (nSPS) is 19.5. The molecule has 2 aliphatic rings. The summed E-state index contributed by atoms with van der Waals surface area (Å²) in [6, 6.07) is 3.69. The number of halogens is 1. The fourth-order valence-corrected chi connectivity index (χ4v) is 5.45. The van der Waals surface area contributed by atoms with E-state index in [1.54, 1.807) is 0 Å². The van der Waals surface area contributed by atoms with Gasteiger partial charge in [-0.15, -0.1) is 0 Å². The molecule has 0 aromatic heterocycles. The van der Waals surface area contributed by atoms with Gasteiger partial charge in [-0.2, -0.15) is 4.31 Å².